The van der Waals surface area contributed by atoms with Gasteiger partial charge in [0.25, 0.3) is 16.4 Å². The predicted molar refractivity (Wildman–Crippen MR) is 99.5 cm³/mol. The number of rotatable bonds is 6. The lowest BCUT2D eigenvalue weighted by Crippen LogP contribution is -2.40. The third-order valence-electron chi connectivity index (χ3n) is 4.70. The number of anilines is 2. The molecular weight excluding hydrogens is 388 g/mol. The number of aromatic nitrogens is 4. The van der Waals surface area contributed by atoms with E-state index < -0.39 is 41.0 Å². The third-order valence-corrected chi connectivity index (χ3v) is 4.70. The molecule has 1 aliphatic heterocycles. The summed E-state index contributed by atoms with van der Waals surface area (Å²) in [6.45, 7) is 1.81. The number of hydrogen-bond donors (Lipinski definition) is 5. The van der Waals surface area contributed by atoms with Gasteiger partial charge in [0, 0.05) is 6.54 Å². The Bertz CT molecular complexity index is 1190. The molecule has 0 amide bonds. The number of nitrogens with two attached hydrogens (primary N) is 1. The van der Waals surface area contributed by atoms with Gasteiger partial charge in [0.15, 0.2) is 23.1 Å². The van der Waals surface area contributed by atoms with Gasteiger partial charge in [0.2, 0.25) is 5.95 Å². The number of nitrogens with one attached hydrogen (secondary N) is 2. The fourth-order valence-electron chi connectivity index (χ4n) is 3.27. The van der Waals surface area contributed by atoms with Gasteiger partial charge in [-0.1, -0.05) is 0 Å². The van der Waals surface area contributed by atoms with Crippen LogP contribution in [0.5, 0.6) is 5.75 Å². The molecule has 0 radical (unpaired) electrons. The van der Waals surface area contributed by atoms with Crippen molar-refractivity contribution in [3.63, 3.8) is 0 Å². The van der Waals surface area contributed by atoms with Crippen LogP contribution in [-0.2, 0) is 4.74 Å². The highest BCUT2D eigenvalue weighted by Crippen LogP contribution is 2.31. The Balaban J connectivity index is 1.55. The van der Waals surface area contributed by atoms with Gasteiger partial charge in [-0.15, -0.1) is 0 Å². The van der Waals surface area contributed by atoms with Crippen LogP contribution in [0.15, 0.2) is 20.7 Å². The Kier molecular flexibility index (Phi) is 4.56. The van der Waals surface area contributed by atoms with Crippen LogP contribution in [0.2, 0.25) is 0 Å². The minimum absolute atomic E-state index is 0.000329. The van der Waals surface area contributed by atoms with E-state index in [2.05, 4.69) is 20.3 Å². The van der Waals surface area contributed by atoms with Gasteiger partial charge in [-0.3, -0.25) is 23.9 Å². The van der Waals surface area contributed by atoms with Gasteiger partial charge in [-0.25, -0.2) is 4.98 Å². The van der Waals surface area contributed by atoms with E-state index >= 15 is 0 Å². The Morgan fingerprint density at radius 2 is 2.07 bits per heavy atom. The smallest absolute Gasteiger partial charge is 0.280 e. The first-order valence-electron chi connectivity index (χ1n) is 8.77. The zero-order valence-electron chi connectivity index (χ0n) is 15.2. The van der Waals surface area contributed by atoms with E-state index in [-0.39, 0.29) is 41.7 Å². The van der Waals surface area contributed by atoms with Crippen LogP contribution in [0.25, 0.3) is 11.2 Å². The second-order valence-corrected chi connectivity index (χ2v) is 6.50. The quantitative estimate of drug-likeness (QED) is 0.270. The van der Waals surface area contributed by atoms with Crippen LogP contribution in [0.4, 0.5) is 11.6 Å². The molecule has 0 saturated carbocycles. The van der Waals surface area contributed by atoms with E-state index in [1.165, 1.54) is 10.9 Å². The summed E-state index contributed by atoms with van der Waals surface area (Å²) in [6.07, 6.45) is -3.50. The number of nitrogens with zero attached hydrogens (tertiary/aromatic N) is 3. The first-order valence-corrected chi connectivity index (χ1v) is 8.77. The summed E-state index contributed by atoms with van der Waals surface area (Å²) >= 11 is 0. The Labute approximate surface area is 161 Å². The summed E-state index contributed by atoms with van der Waals surface area (Å²) in [5.41, 5.74) is 3.63. The van der Waals surface area contributed by atoms with Crippen molar-refractivity contribution in [1.82, 2.24) is 19.5 Å². The molecule has 4 atom stereocenters. The van der Waals surface area contributed by atoms with Crippen LogP contribution < -0.4 is 32.2 Å². The second kappa shape index (κ2) is 6.95. The molecule has 2 aromatic heterocycles. The normalized spacial score (nSPS) is 24.4. The summed E-state index contributed by atoms with van der Waals surface area (Å²) < 4.78 is 12.1. The van der Waals surface area contributed by atoms with Gasteiger partial charge in [0.1, 0.15) is 24.0 Å². The molecule has 0 spiro atoms. The maximum absolute atomic E-state index is 11.9. The van der Waals surface area contributed by atoms with Gasteiger partial charge in [-0.2, -0.15) is 4.98 Å². The molecule has 4 rings (SSSR count). The number of aromatic amines is 1. The number of ether oxygens (including phenoxy) is 2. The summed E-state index contributed by atoms with van der Waals surface area (Å²) in [6, 6.07) is 0. The summed E-state index contributed by atoms with van der Waals surface area (Å²) in [4.78, 5) is 45.4. The summed E-state index contributed by atoms with van der Waals surface area (Å²) in [7, 11) is 0. The fourth-order valence-corrected chi connectivity index (χ4v) is 3.27. The van der Waals surface area contributed by atoms with Crippen LogP contribution in [0.1, 0.15) is 13.2 Å². The van der Waals surface area contributed by atoms with Gasteiger partial charge >= 0.3 is 0 Å². The van der Waals surface area contributed by atoms with Crippen molar-refractivity contribution in [2.45, 2.75) is 31.5 Å². The highest BCUT2D eigenvalue weighted by molar-refractivity contribution is 5.70. The van der Waals surface area contributed by atoms with Crippen molar-refractivity contribution in [3.8, 4) is 5.75 Å². The molecule has 154 valence electrons. The molecule has 0 bridgehead atoms. The Morgan fingerprint density at radius 1 is 1.31 bits per heavy atom. The average molecular weight is 406 g/mol. The Morgan fingerprint density at radius 3 is 2.79 bits per heavy atom. The SMILES string of the molecule is CCOc1c(NC[C@H]2O[C@@H](n3cnc4c(=O)[nH]c(N)nc43)[C@H](O)[C@@H]2O)c(=O)c1=O. The molecule has 1 saturated heterocycles. The molecule has 6 N–H and O–H groups in total. The molecule has 0 aliphatic carbocycles. The largest absolute Gasteiger partial charge is 0.488 e. The third kappa shape index (κ3) is 2.95. The van der Waals surface area contributed by atoms with Crippen LogP contribution in [-0.4, -0.2) is 61.2 Å². The van der Waals surface area contributed by atoms with Crippen molar-refractivity contribution >= 4 is 22.8 Å². The molecule has 3 aromatic rings. The first-order chi connectivity index (χ1) is 13.8. The maximum Gasteiger partial charge on any atom is 0.280 e. The first kappa shape index (κ1) is 19.0. The van der Waals surface area contributed by atoms with Crippen molar-refractivity contribution in [3.05, 3.63) is 37.1 Å². The molecule has 13 nitrogen and oxygen atoms in total. The van der Waals surface area contributed by atoms with E-state index in [1.807, 2.05) is 0 Å². The fraction of sp³-hybridized carbons (Fsp3) is 0.438. The summed E-state index contributed by atoms with van der Waals surface area (Å²) in [5, 5.41) is 23.5. The topological polar surface area (TPSA) is 195 Å². The number of hydrogen-bond acceptors (Lipinski definition) is 11. The molecule has 1 aromatic carbocycles. The van der Waals surface area contributed by atoms with Gasteiger partial charge < -0.3 is 30.7 Å². The van der Waals surface area contributed by atoms with Crippen molar-refractivity contribution in [1.29, 1.82) is 0 Å². The number of aliphatic hydroxyl groups is 2. The van der Waals surface area contributed by atoms with E-state index in [0.29, 0.717) is 0 Å². The second-order valence-electron chi connectivity index (χ2n) is 6.50. The minimum Gasteiger partial charge on any atom is -0.488 e. The molecule has 3 heterocycles. The highest BCUT2D eigenvalue weighted by Gasteiger charge is 2.44. The van der Waals surface area contributed by atoms with E-state index in [9.17, 15) is 24.6 Å². The minimum atomic E-state index is -1.37. The van der Waals surface area contributed by atoms with E-state index in [0.717, 1.165) is 0 Å². The monoisotopic (exact) mass is 406 g/mol. The average Bonchev–Trinajstić information content (AvgIpc) is 3.23. The molecule has 0 unspecified atom stereocenters. The number of fused-ring (bicyclic) bond motifs is 1. The van der Waals surface area contributed by atoms with E-state index in [4.69, 9.17) is 15.2 Å². The number of H-pyrrole nitrogens is 1. The van der Waals surface area contributed by atoms with Crippen LogP contribution in [0.3, 0.4) is 0 Å². The molecule has 1 aliphatic rings. The van der Waals surface area contributed by atoms with E-state index in [1.54, 1.807) is 6.92 Å². The molecule has 29 heavy (non-hydrogen) atoms. The van der Waals surface area contributed by atoms with Crippen LogP contribution in [0, 0.1) is 0 Å². The van der Waals surface area contributed by atoms with Gasteiger partial charge in [-0.05, 0) is 6.92 Å². The highest BCUT2D eigenvalue weighted by atomic mass is 16.6. The Hall–Kier alpha value is -3.29. The zero-order valence-corrected chi connectivity index (χ0v) is 15.2. The summed E-state index contributed by atoms with van der Waals surface area (Å²) in [5.74, 6) is -0.208. The van der Waals surface area contributed by atoms with Crippen molar-refractivity contribution < 1.29 is 19.7 Å². The lowest BCUT2D eigenvalue weighted by molar-refractivity contribution is -0.0312. The van der Waals surface area contributed by atoms with Crippen molar-refractivity contribution in [2.24, 2.45) is 0 Å². The van der Waals surface area contributed by atoms with Gasteiger partial charge in [0.05, 0.1) is 12.9 Å². The standard InChI is InChI=1S/C16H18N6O7/c1-2-28-12-6(9(24)10(12)25)18-3-5-8(23)11(26)15(29-5)22-4-19-7-13(22)20-16(17)21-14(7)27/h4-5,8,11,15,18,23,26H,2-3H2,1H3,(H3,17,20,21,27)/t5-,8-,11-,15-/m1/s1. The maximum atomic E-state index is 11.9. The number of aliphatic hydroxyl groups excluding tert-OH is 2. The lowest BCUT2D eigenvalue weighted by atomic mass is 10.1. The zero-order chi connectivity index (χ0) is 20.9. The molecule has 1 fully saturated rings. The number of nitrogen functional groups attached to an aromatic ring is 1. The predicted octanol–water partition coefficient (Wildman–Crippen LogP) is -2.57. The molecule has 13 heteroatoms. The van der Waals surface area contributed by atoms with Crippen molar-refractivity contribution in [2.75, 3.05) is 24.2 Å². The lowest BCUT2D eigenvalue weighted by Gasteiger charge is -2.18. The van der Waals surface area contributed by atoms with Crippen LogP contribution >= 0.6 is 0 Å². The number of imidazole rings is 1. The molecular formula is C16H18N6O7.